The molecule has 1 saturated heterocycles. The number of amides is 2. The summed E-state index contributed by atoms with van der Waals surface area (Å²) in [6.45, 7) is 0. The molecule has 1 heterocycles. The quantitative estimate of drug-likeness (QED) is 0.260. The summed E-state index contributed by atoms with van der Waals surface area (Å²) < 4.78 is 6.42. The summed E-state index contributed by atoms with van der Waals surface area (Å²) in [6, 6.07) is 0. The van der Waals surface area contributed by atoms with Gasteiger partial charge in [-0.1, -0.05) is 0 Å². The SMILES string of the molecule is O=C1[N-]SS[N-]C1=O.[Cu+2]. The monoisotopic (exact) mass is 211 g/mol. The van der Waals surface area contributed by atoms with E-state index in [9.17, 15) is 9.59 Å². The molecule has 0 N–H and O–H groups in total. The molecule has 0 aliphatic carbocycles. The van der Waals surface area contributed by atoms with E-state index in [2.05, 4.69) is 9.44 Å². The fourth-order valence-electron chi connectivity index (χ4n) is 0.179. The summed E-state index contributed by atoms with van der Waals surface area (Å²) in [5.41, 5.74) is 0. The number of carbonyl (C=O) groups is 2. The Morgan fingerprint density at radius 2 is 1.33 bits per heavy atom. The molecule has 0 aromatic heterocycles. The van der Waals surface area contributed by atoms with Crippen LogP contribution in [0.2, 0.25) is 0 Å². The average molecular weight is 212 g/mol. The van der Waals surface area contributed by atoms with Crippen molar-refractivity contribution in [3.05, 3.63) is 9.44 Å². The molecule has 9 heavy (non-hydrogen) atoms. The molecule has 1 radical (unpaired) electrons. The maximum Gasteiger partial charge on any atom is 2.00 e. The summed E-state index contributed by atoms with van der Waals surface area (Å²) in [6.07, 6.45) is 0. The minimum Gasteiger partial charge on any atom is -0.586 e. The van der Waals surface area contributed by atoms with Gasteiger partial charge in [-0.2, -0.15) is 0 Å². The topological polar surface area (TPSA) is 62.3 Å². The first-order valence-electron chi connectivity index (χ1n) is 1.64. The van der Waals surface area contributed by atoms with E-state index in [1.165, 1.54) is 0 Å². The van der Waals surface area contributed by atoms with Crippen LogP contribution in [0.15, 0.2) is 0 Å². The Hall–Kier alpha value is 0.159. The van der Waals surface area contributed by atoms with E-state index in [-0.39, 0.29) is 17.1 Å². The van der Waals surface area contributed by atoms with Crippen LogP contribution in [0.5, 0.6) is 0 Å². The molecular weight excluding hydrogens is 212 g/mol. The van der Waals surface area contributed by atoms with Gasteiger partial charge >= 0.3 is 17.1 Å². The van der Waals surface area contributed by atoms with Gasteiger partial charge in [0.25, 0.3) is 0 Å². The van der Waals surface area contributed by atoms with E-state index < -0.39 is 11.8 Å². The van der Waals surface area contributed by atoms with Gasteiger partial charge in [-0.25, -0.2) is 22.0 Å². The summed E-state index contributed by atoms with van der Waals surface area (Å²) in [5, 5.41) is 0. The predicted molar refractivity (Wildman–Crippen MR) is 31.9 cm³/mol. The third-order valence-corrected chi connectivity index (χ3v) is 1.65. The van der Waals surface area contributed by atoms with Crippen LogP contribution in [-0.2, 0) is 26.7 Å². The Kier molecular flexibility index (Phi) is 4.12. The molecule has 7 heteroatoms. The Balaban J connectivity index is 0.000000640. The van der Waals surface area contributed by atoms with Crippen molar-refractivity contribution >= 4 is 33.8 Å². The Morgan fingerprint density at radius 3 is 1.56 bits per heavy atom. The zero-order chi connectivity index (χ0) is 5.98. The zero-order valence-electron chi connectivity index (χ0n) is 3.83. The molecule has 2 amide bonds. The first kappa shape index (κ1) is 9.16. The van der Waals surface area contributed by atoms with Crippen molar-refractivity contribution < 1.29 is 26.7 Å². The third kappa shape index (κ3) is 2.49. The van der Waals surface area contributed by atoms with E-state index >= 15 is 0 Å². The number of hydrogen-bond donors (Lipinski definition) is 0. The number of rotatable bonds is 0. The second-order valence-corrected chi connectivity index (χ2v) is 2.50. The van der Waals surface area contributed by atoms with Crippen LogP contribution in [0.4, 0.5) is 0 Å². The van der Waals surface area contributed by atoms with Gasteiger partial charge in [-0.05, 0) is 0 Å². The fraction of sp³-hybridized carbons (Fsp3) is 0. The van der Waals surface area contributed by atoms with Gasteiger partial charge in [0.05, 0.1) is 0 Å². The van der Waals surface area contributed by atoms with Crippen molar-refractivity contribution in [3.8, 4) is 0 Å². The Morgan fingerprint density at radius 1 is 1.00 bits per heavy atom. The number of nitrogens with zero attached hydrogens (tertiary/aromatic N) is 2. The second-order valence-electron chi connectivity index (χ2n) is 0.942. The van der Waals surface area contributed by atoms with E-state index in [1.54, 1.807) is 0 Å². The fourth-order valence-corrected chi connectivity index (χ4v) is 1.14. The molecule has 0 bridgehead atoms. The molecule has 1 fully saturated rings. The van der Waals surface area contributed by atoms with Gasteiger partial charge < -0.3 is 19.0 Å². The minimum absolute atomic E-state index is 0. The first-order valence-corrected chi connectivity index (χ1v) is 3.70. The summed E-state index contributed by atoms with van der Waals surface area (Å²) in [4.78, 5) is 20.3. The van der Waals surface area contributed by atoms with Crippen LogP contribution >= 0.6 is 22.0 Å². The minimum atomic E-state index is -0.770. The molecule has 1 rings (SSSR count). The first-order chi connectivity index (χ1) is 3.80. The van der Waals surface area contributed by atoms with Crippen LogP contribution < -0.4 is 0 Å². The summed E-state index contributed by atoms with van der Waals surface area (Å²) in [7, 11) is 1.82. The van der Waals surface area contributed by atoms with Crippen molar-refractivity contribution in [1.29, 1.82) is 0 Å². The molecule has 53 valence electrons. The van der Waals surface area contributed by atoms with Crippen molar-refractivity contribution in [2.45, 2.75) is 0 Å². The molecule has 0 saturated carbocycles. The van der Waals surface area contributed by atoms with Crippen molar-refractivity contribution in [3.63, 3.8) is 0 Å². The van der Waals surface area contributed by atoms with Crippen LogP contribution in [0.3, 0.4) is 0 Å². The molecule has 0 aromatic rings. The van der Waals surface area contributed by atoms with Gasteiger partial charge in [-0.15, -0.1) is 0 Å². The molecule has 0 spiro atoms. The Labute approximate surface area is 70.0 Å². The van der Waals surface area contributed by atoms with Crippen LogP contribution in [0, 0.1) is 0 Å². The van der Waals surface area contributed by atoms with Gasteiger partial charge in [0, 0.05) is 0 Å². The van der Waals surface area contributed by atoms with Gasteiger partial charge in [0.1, 0.15) is 11.8 Å². The van der Waals surface area contributed by atoms with E-state index in [0.717, 1.165) is 22.0 Å². The molecule has 1 aliphatic heterocycles. The van der Waals surface area contributed by atoms with Crippen molar-refractivity contribution in [2.24, 2.45) is 0 Å². The average Bonchev–Trinajstić information content (AvgIpc) is 1.77. The van der Waals surface area contributed by atoms with Crippen LogP contribution in [0.1, 0.15) is 0 Å². The molecule has 0 aromatic carbocycles. The van der Waals surface area contributed by atoms with Gasteiger partial charge in [-0.3, -0.25) is 0 Å². The van der Waals surface area contributed by atoms with Crippen LogP contribution in [0.25, 0.3) is 9.44 Å². The normalized spacial score (nSPS) is 17.3. The third-order valence-electron chi connectivity index (χ3n) is 0.457. The maximum absolute atomic E-state index is 10.1. The van der Waals surface area contributed by atoms with Crippen LogP contribution in [-0.4, -0.2) is 11.8 Å². The number of hydrogen-bond acceptors (Lipinski definition) is 4. The van der Waals surface area contributed by atoms with Gasteiger partial charge in [0.2, 0.25) is 0 Å². The van der Waals surface area contributed by atoms with Crippen molar-refractivity contribution in [2.75, 3.05) is 0 Å². The molecule has 0 atom stereocenters. The standard InChI is InChI=1S/C2H2N2O2S2.Cu/c5-1-2(6)4-8-7-3-1;/h(H2,3,4,5,6);/q;+2/p-2. The Bertz CT molecular complexity index is 125. The van der Waals surface area contributed by atoms with Gasteiger partial charge in [0.15, 0.2) is 0 Å². The second kappa shape index (κ2) is 4.05. The molecular formula is C2CuN2O2S2. The predicted octanol–water partition coefficient (Wildman–Crippen LogP) is 1.01. The largest absolute Gasteiger partial charge is 2.00 e. The molecule has 1 aliphatic rings. The maximum atomic E-state index is 10.1. The summed E-state index contributed by atoms with van der Waals surface area (Å²) >= 11 is 0. The smallest absolute Gasteiger partial charge is 0.586 e. The zero-order valence-corrected chi connectivity index (χ0v) is 6.40. The van der Waals surface area contributed by atoms with Crippen molar-refractivity contribution in [1.82, 2.24) is 0 Å². The molecule has 4 nitrogen and oxygen atoms in total. The summed E-state index contributed by atoms with van der Waals surface area (Å²) in [5.74, 6) is -1.54. The van der Waals surface area contributed by atoms with E-state index in [4.69, 9.17) is 0 Å². The number of carbonyl (C=O) groups excluding carboxylic acids is 2. The van der Waals surface area contributed by atoms with E-state index in [1.807, 2.05) is 0 Å². The van der Waals surface area contributed by atoms with E-state index in [0.29, 0.717) is 0 Å². The molecule has 0 unspecified atom stereocenters.